The van der Waals surface area contributed by atoms with Crippen LogP contribution in [0.1, 0.15) is 0 Å². The molecule has 0 aliphatic rings. The fourth-order valence-electron chi connectivity index (χ4n) is 8.75. The Morgan fingerprint density at radius 1 is 0.351 bits per heavy atom. The maximum Gasteiger partial charge on any atom is 0.143 e. The van der Waals surface area contributed by atoms with Gasteiger partial charge in [-0.1, -0.05) is 176 Å². The highest BCUT2D eigenvalue weighted by atomic mass is 16.3. The van der Waals surface area contributed by atoms with Crippen molar-refractivity contribution in [3.63, 3.8) is 0 Å². The molecule has 2 heterocycles. The van der Waals surface area contributed by atoms with E-state index in [1.165, 1.54) is 21.9 Å². The Morgan fingerprint density at radius 3 is 1.68 bits per heavy atom. The summed E-state index contributed by atoms with van der Waals surface area (Å²) in [5.74, 6) is 0. The smallest absolute Gasteiger partial charge is 0.143 e. The molecule has 0 atom stereocenters. The van der Waals surface area contributed by atoms with Crippen molar-refractivity contribution in [3.05, 3.63) is 218 Å². The molecule has 0 spiro atoms. The van der Waals surface area contributed by atoms with Crippen molar-refractivity contribution in [3.8, 4) is 39.1 Å². The fraction of sp³-hybridized carbons (Fsp3) is 0. The van der Waals surface area contributed by atoms with Crippen LogP contribution in [0.3, 0.4) is 0 Å². The summed E-state index contributed by atoms with van der Waals surface area (Å²) >= 11 is 0. The first kappa shape index (κ1) is 32.8. The minimum atomic E-state index is 0.888. The predicted octanol–water partition coefficient (Wildman–Crippen LogP) is 15.2. The highest BCUT2D eigenvalue weighted by Crippen LogP contribution is 2.49. The number of benzene rings is 9. The number of nitrogens with zero attached hydrogens (tertiary/aromatic N) is 2. The largest absolute Gasteiger partial charge is 0.455 e. The molecule has 3 heteroatoms. The Bertz CT molecular complexity index is 3230. The average Bonchev–Trinajstić information content (AvgIpc) is 3.84. The molecule has 268 valence electrons. The van der Waals surface area contributed by atoms with Crippen LogP contribution in [0.15, 0.2) is 223 Å². The molecule has 0 unspecified atom stereocenters. The van der Waals surface area contributed by atoms with Crippen LogP contribution in [-0.2, 0) is 0 Å². The summed E-state index contributed by atoms with van der Waals surface area (Å²) in [4.78, 5) is 2.43. The van der Waals surface area contributed by atoms with E-state index in [1.54, 1.807) is 0 Å². The molecule has 2 aromatic heterocycles. The molecular formula is C54H36N2O. The van der Waals surface area contributed by atoms with E-state index in [0.717, 1.165) is 78.0 Å². The second kappa shape index (κ2) is 13.6. The van der Waals surface area contributed by atoms with E-state index in [-0.39, 0.29) is 0 Å². The van der Waals surface area contributed by atoms with E-state index in [1.807, 2.05) is 6.07 Å². The molecule has 11 aromatic rings. The van der Waals surface area contributed by atoms with Crippen molar-refractivity contribution in [1.29, 1.82) is 0 Å². The Kier molecular flexibility index (Phi) is 7.82. The molecule has 11 rings (SSSR count). The van der Waals surface area contributed by atoms with Gasteiger partial charge in [0.25, 0.3) is 0 Å². The highest BCUT2D eigenvalue weighted by molar-refractivity contribution is 6.18. The van der Waals surface area contributed by atoms with Crippen LogP contribution < -0.4 is 4.90 Å². The number of para-hydroxylation sites is 6. The molecule has 0 aliphatic heterocycles. The van der Waals surface area contributed by atoms with Crippen LogP contribution in [-0.4, -0.2) is 4.57 Å². The van der Waals surface area contributed by atoms with Crippen molar-refractivity contribution < 1.29 is 4.42 Å². The van der Waals surface area contributed by atoms with Gasteiger partial charge in [-0.05, 0) is 53.6 Å². The van der Waals surface area contributed by atoms with Crippen LogP contribution in [0.2, 0.25) is 0 Å². The maximum atomic E-state index is 6.71. The lowest BCUT2D eigenvalue weighted by molar-refractivity contribution is 0.670. The van der Waals surface area contributed by atoms with Crippen molar-refractivity contribution >= 4 is 60.8 Å². The molecule has 0 radical (unpaired) electrons. The van der Waals surface area contributed by atoms with Gasteiger partial charge in [0, 0.05) is 49.5 Å². The van der Waals surface area contributed by atoms with Gasteiger partial charge in [-0.3, -0.25) is 0 Å². The van der Waals surface area contributed by atoms with Gasteiger partial charge < -0.3 is 13.9 Å². The normalized spacial score (nSPS) is 11.5. The third-order valence-corrected chi connectivity index (χ3v) is 11.2. The summed E-state index contributed by atoms with van der Waals surface area (Å²) in [6, 6.07) is 78.1. The molecule has 0 bridgehead atoms. The summed E-state index contributed by atoms with van der Waals surface area (Å²) in [6.07, 6.45) is 0. The Balaban J connectivity index is 1.25. The minimum Gasteiger partial charge on any atom is -0.455 e. The van der Waals surface area contributed by atoms with E-state index in [4.69, 9.17) is 4.42 Å². The number of anilines is 3. The maximum absolute atomic E-state index is 6.71. The molecule has 9 aromatic carbocycles. The van der Waals surface area contributed by atoms with Gasteiger partial charge in [0.1, 0.15) is 11.2 Å². The SMILES string of the molecule is c1ccc(-c2ccccc2N(c2ccccc2)c2cccc3c2c2ccccc2n3-c2c(-c3ccccc3)cccc2-c2cccc3c2oc2ccccc23)cc1. The molecule has 0 N–H and O–H groups in total. The van der Waals surface area contributed by atoms with Crippen LogP contribution in [0.5, 0.6) is 0 Å². The van der Waals surface area contributed by atoms with Crippen LogP contribution in [0.25, 0.3) is 82.8 Å². The number of hydrogen-bond donors (Lipinski definition) is 0. The third kappa shape index (κ3) is 5.36. The first-order chi connectivity index (χ1) is 28.3. The summed E-state index contributed by atoms with van der Waals surface area (Å²) < 4.78 is 9.20. The zero-order valence-corrected chi connectivity index (χ0v) is 31.1. The zero-order valence-electron chi connectivity index (χ0n) is 31.1. The fourth-order valence-corrected chi connectivity index (χ4v) is 8.75. The summed E-state index contributed by atoms with van der Waals surface area (Å²) in [5, 5.41) is 4.58. The summed E-state index contributed by atoms with van der Waals surface area (Å²) in [6.45, 7) is 0. The molecule has 57 heavy (non-hydrogen) atoms. The monoisotopic (exact) mass is 728 g/mol. The number of hydrogen-bond acceptors (Lipinski definition) is 2. The topological polar surface area (TPSA) is 21.3 Å². The van der Waals surface area contributed by atoms with Gasteiger partial charge in [-0.15, -0.1) is 0 Å². The summed E-state index contributed by atoms with van der Waals surface area (Å²) in [7, 11) is 0. The highest BCUT2D eigenvalue weighted by Gasteiger charge is 2.26. The van der Waals surface area contributed by atoms with Gasteiger partial charge in [-0.2, -0.15) is 0 Å². The lowest BCUT2D eigenvalue weighted by atomic mass is 9.94. The second-order valence-electron chi connectivity index (χ2n) is 14.4. The van der Waals surface area contributed by atoms with Gasteiger partial charge in [0.2, 0.25) is 0 Å². The first-order valence-corrected chi connectivity index (χ1v) is 19.4. The van der Waals surface area contributed by atoms with Crippen LogP contribution in [0.4, 0.5) is 17.1 Å². The zero-order chi connectivity index (χ0) is 37.7. The minimum absolute atomic E-state index is 0.888. The molecular weight excluding hydrogens is 693 g/mol. The van der Waals surface area contributed by atoms with Gasteiger partial charge in [0.05, 0.1) is 28.1 Å². The average molecular weight is 729 g/mol. The van der Waals surface area contributed by atoms with E-state index >= 15 is 0 Å². The van der Waals surface area contributed by atoms with Crippen LogP contribution >= 0.6 is 0 Å². The van der Waals surface area contributed by atoms with Crippen molar-refractivity contribution in [2.24, 2.45) is 0 Å². The molecule has 0 aliphatic carbocycles. The lowest BCUT2D eigenvalue weighted by Crippen LogP contribution is -2.11. The Morgan fingerprint density at radius 2 is 0.877 bits per heavy atom. The lowest BCUT2D eigenvalue weighted by Gasteiger charge is -2.28. The molecule has 0 fully saturated rings. The van der Waals surface area contributed by atoms with E-state index < -0.39 is 0 Å². The molecule has 0 amide bonds. The quantitative estimate of drug-likeness (QED) is 0.163. The molecule has 3 nitrogen and oxygen atoms in total. The van der Waals surface area contributed by atoms with E-state index in [9.17, 15) is 0 Å². The van der Waals surface area contributed by atoms with E-state index in [0.29, 0.717) is 0 Å². The number of aromatic nitrogens is 1. The number of rotatable bonds is 7. The third-order valence-electron chi connectivity index (χ3n) is 11.2. The Hall–Kier alpha value is -7.62. The number of furan rings is 1. The standard InChI is InChI=1S/C54H36N2O/c1-4-19-37(20-5-1)40-25-10-13-32-47(40)55(39-23-8-3-9-24-39)49-34-18-35-50-52(49)46-27-11-14-33-48(46)56(50)53-41(38-21-6-2-7-22-38)28-16-29-43(53)45-31-17-30-44-42-26-12-15-36-51(42)57-54(44)45/h1-36H. The van der Waals surface area contributed by atoms with Crippen molar-refractivity contribution in [2.75, 3.05) is 4.90 Å². The molecule has 0 saturated carbocycles. The van der Waals surface area contributed by atoms with Gasteiger partial charge >= 0.3 is 0 Å². The van der Waals surface area contributed by atoms with Crippen molar-refractivity contribution in [1.82, 2.24) is 4.57 Å². The van der Waals surface area contributed by atoms with Crippen molar-refractivity contribution in [2.45, 2.75) is 0 Å². The number of fused-ring (bicyclic) bond motifs is 6. The second-order valence-corrected chi connectivity index (χ2v) is 14.4. The van der Waals surface area contributed by atoms with E-state index in [2.05, 4.69) is 222 Å². The predicted molar refractivity (Wildman–Crippen MR) is 239 cm³/mol. The molecule has 0 saturated heterocycles. The summed E-state index contributed by atoms with van der Waals surface area (Å²) in [5.41, 5.74) is 15.2. The van der Waals surface area contributed by atoms with Crippen LogP contribution in [0, 0.1) is 0 Å². The first-order valence-electron chi connectivity index (χ1n) is 19.4. The van der Waals surface area contributed by atoms with Gasteiger partial charge in [0.15, 0.2) is 0 Å². The van der Waals surface area contributed by atoms with Gasteiger partial charge in [-0.25, -0.2) is 0 Å². The Labute approximate surface area is 330 Å².